The van der Waals surface area contributed by atoms with Gasteiger partial charge in [-0.25, -0.2) is 0 Å². The minimum Gasteiger partial charge on any atom is -0.481 e. The number of carbonyl (C=O) groups is 1. The van der Waals surface area contributed by atoms with Crippen molar-refractivity contribution in [3.8, 4) is 0 Å². The Labute approximate surface area is 174 Å². The lowest BCUT2D eigenvalue weighted by atomic mass is 9.77. The number of nitrogens with one attached hydrogen (secondary N) is 1. The average Bonchev–Trinajstić information content (AvgIpc) is 3.37. The lowest BCUT2D eigenvalue weighted by molar-refractivity contribution is -0.150. The largest absolute Gasteiger partial charge is 0.481 e. The van der Waals surface area contributed by atoms with Crippen LogP contribution in [0.3, 0.4) is 0 Å². The number of rotatable bonds is 9. The summed E-state index contributed by atoms with van der Waals surface area (Å²) in [6.07, 6.45) is 7.17. The summed E-state index contributed by atoms with van der Waals surface area (Å²) in [5.74, 6) is 0.0553. The number of aliphatic carboxylic acids is 1. The maximum absolute atomic E-state index is 11.9. The molecule has 2 atom stereocenters. The van der Waals surface area contributed by atoms with Gasteiger partial charge in [0.25, 0.3) is 0 Å². The van der Waals surface area contributed by atoms with Crippen LogP contribution in [0, 0.1) is 10.8 Å². The number of ether oxygens (including phenoxy) is 1. The van der Waals surface area contributed by atoms with E-state index < -0.39 is 11.4 Å². The minimum atomic E-state index is -0.592. The zero-order chi connectivity index (χ0) is 20.3. The molecule has 1 saturated heterocycles. The molecule has 0 aromatic heterocycles. The number of likely N-dealkylation sites (tertiary alicyclic amines) is 1. The summed E-state index contributed by atoms with van der Waals surface area (Å²) in [5.41, 5.74) is 1.11. The second-order valence-corrected chi connectivity index (χ2v) is 9.74. The van der Waals surface area contributed by atoms with Gasteiger partial charge in [-0.2, -0.15) is 0 Å². The van der Waals surface area contributed by atoms with Crippen LogP contribution in [0.25, 0.3) is 0 Å². The molecule has 1 aromatic carbocycles. The third-order valence-electron chi connectivity index (χ3n) is 7.67. The number of carboxylic acid groups (broad SMARTS) is 1. The molecule has 0 amide bonds. The summed E-state index contributed by atoms with van der Waals surface area (Å²) in [7, 11) is 1.80. The van der Waals surface area contributed by atoms with Gasteiger partial charge in [0.15, 0.2) is 0 Å². The van der Waals surface area contributed by atoms with Gasteiger partial charge in [-0.3, -0.25) is 4.79 Å². The normalized spacial score (nSPS) is 28.3. The Hall–Kier alpha value is -1.43. The van der Waals surface area contributed by atoms with Crippen LogP contribution in [0.5, 0.6) is 0 Å². The minimum absolute atomic E-state index is 0.168. The highest BCUT2D eigenvalue weighted by Crippen LogP contribution is 2.43. The molecular formula is C24H36N2O3. The molecule has 1 aromatic rings. The van der Waals surface area contributed by atoms with Crippen molar-refractivity contribution in [3.63, 3.8) is 0 Å². The molecule has 2 N–H and O–H groups in total. The number of benzene rings is 1. The lowest BCUT2D eigenvalue weighted by Crippen LogP contribution is -2.51. The molecule has 5 heteroatoms. The molecule has 29 heavy (non-hydrogen) atoms. The molecular weight excluding hydrogens is 364 g/mol. The van der Waals surface area contributed by atoms with Gasteiger partial charge in [-0.1, -0.05) is 43.2 Å². The zero-order valence-electron chi connectivity index (χ0n) is 17.7. The first-order valence-electron chi connectivity index (χ1n) is 11.3. The molecule has 2 aliphatic carbocycles. The van der Waals surface area contributed by atoms with E-state index in [9.17, 15) is 9.90 Å². The van der Waals surface area contributed by atoms with E-state index in [1.165, 1.54) is 12.0 Å². The molecule has 0 bridgehead atoms. The van der Waals surface area contributed by atoms with E-state index in [-0.39, 0.29) is 5.41 Å². The van der Waals surface area contributed by atoms with Gasteiger partial charge in [-0.05, 0) is 50.8 Å². The first kappa shape index (κ1) is 20.8. The number of hydrogen-bond donors (Lipinski definition) is 2. The summed E-state index contributed by atoms with van der Waals surface area (Å²) in [4.78, 5) is 14.3. The zero-order valence-corrected chi connectivity index (χ0v) is 17.7. The third kappa shape index (κ3) is 4.68. The SMILES string of the molecule is COCC1(CN[C@@H]2CC2c2ccccc2)CCN(CC2(C(=O)O)CCCC2)CC1. The molecule has 3 aliphatic rings. The van der Waals surface area contributed by atoms with E-state index in [4.69, 9.17) is 4.74 Å². The van der Waals surface area contributed by atoms with Crippen LogP contribution in [0.1, 0.15) is 56.4 Å². The molecule has 0 radical (unpaired) electrons. The Morgan fingerprint density at radius 2 is 1.86 bits per heavy atom. The van der Waals surface area contributed by atoms with Crippen molar-refractivity contribution in [2.75, 3.05) is 39.9 Å². The topological polar surface area (TPSA) is 61.8 Å². The maximum Gasteiger partial charge on any atom is 0.310 e. The number of piperidine rings is 1. The molecule has 5 nitrogen and oxygen atoms in total. The van der Waals surface area contributed by atoms with Crippen LogP contribution in [-0.2, 0) is 9.53 Å². The summed E-state index contributed by atoms with van der Waals surface area (Å²) >= 11 is 0. The molecule has 1 unspecified atom stereocenters. The van der Waals surface area contributed by atoms with E-state index in [0.717, 1.165) is 71.3 Å². The van der Waals surface area contributed by atoms with Crippen LogP contribution < -0.4 is 5.32 Å². The molecule has 1 heterocycles. The van der Waals surface area contributed by atoms with Crippen LogP contribution in [0.4, 0.5) is 0 Å². The highest BCUT2D eigenvalue weighted by molar-refractivity contribution is 5.75. The summed E-state index contributed by atoms with van der Waals surface area (Å²) in [6, 6.07) is 11.4. The fourth-order valence-electron chi connectivity index (χ4n) is 5.62. The van der Waals surface area contributed by atoms with Crippen LogP contribution in [-0.4, -0.2) is 61.9 Å². The fraction of sp³-hybridized carbons (Fsp3) is 0.708. The van der Waals surface area contributed by atoms with Gasteiger partial charge in [0.2, 0.25) is 0 Å². The van der Waals surface area contributed by atoms with Crippen molar-refractivity contribution in [1.82, 2.24) is 10.2 Å². The van der Waals surface area contributed by atoms with Crippen molar-refractivity contribution in [1.29, 1.82) is 0 Å². The average molecular weight is 401 g/mol. The standard InChI is InChI=1S/C24H36N2O3/c1-29-18-23(16-25-21-15-20(21)19-7-3-2-4-8-19)11-13-26(14-12-23)17-24(22(27)28)9-5-6-10-24/h2-4,7-8,20-21,25H,5-6,9-18H2,1H3,(H,27,28)/t20?,21-/m1/s1. The van der Waals surface area contributed by atoms with Gasteiger partial charge in [-0.15, -0.1) is 0 Å². The van der Waals surface area contributed by atoms with Crippen molar-refractivity contribution < 1.29 is 14.6 Å². The predicted molar refractivity (Wildman–Crippen MR) is 114 cm³/mol. The van der Waals surface area contributed by atoms with Crippen LogP contribution >= 0.6 is 0 Å². The van der Waals surface area contributed by atoms with Crippen molar-refractivity contribution in [3.05, 3.63) is 35.9 Å². The number of hydrogen-bond acceptors (Lipinski definition) is 4. The van der Waals surface area contributed by atoms with Crippen molar-refractivity contribution >= 4 is 5.97 Å². The van der Waals surface area contributed by atoms with E-state index in [1.54, 1.807) is 7.11 Å². The van der Waals surface area contributed by atoms with Gasteiger partial charge < -0.3 is 20.1 Å². The first-order valence-corrected chi connectivity index (χ1v) is 11.3. The second kappa shape index (κ2) is 8.75. The molecule has 2 saturated carbocycles. The summed E-state index contributed by atoms with van der Waals surface area (Å²) in [5, 5.41) is 13.6. The van der Waals surface area contributed by atoms with E-state index in [2.05, 4.69) is 40.5 Å². The molecule has 160 valence electrons. The summed E-state index contributed by atoms with van der Waals surface area (Å²) < 4.78 is 5.62. The lowest BCUT2D eigenvalue weighted by Gasteiger charge is -2.43. The highest BCUT2D eigenvalue weighted by atomic mass is 16.5. The number of nitrogens with zero attached hydrogens (tertiary/aromatic N) is 1. The Balaban J connectivity index is 1.29. The Kier molecular flexibility index (Phi) is 6.28. The first-order chi connectivity index (χ1) is 14.1. The number of methoxy groups -OCH3 is 1. The predicted octanol–water partition coefficient (Wildman–Crippen LogP) is 3.51. The number of carboxylic acids is 1. The molecule has 1 aliphatic heterocycles. The van der Waals surface area contributed by atoms with Crippen LogP contribution in [0.2, 0.25) is 0 Å². The Morgan fingerprint density at radius 1 is 1.17 bits per heavy atom. The van der Waals surface area contributed by atoms with E-state index >= 15 is 0 Å². The monoisotopic (exact) mass is 400 g/mol. The maximum atomic E-state index is 11.9. The van der Waals surface area contributed by atoms with Gasteiger partial charge in [0.1, 0.15) is 0 Å². The Morgan fingerprint density at radius 3 is 2.48 bits per heavy atom. The van der Waals surface area contributed by atoms with Crippen molar-refractivity contribution in [2.45, 2.75) is 56.9 Å². The van der Waals surface area contributed by atoms with Gasteiger partial charge in [0, 0.05) is 37.6 Å². The van der Waals surface area contributed by atoms with E-state index in [1.807, 2.05) is 0 Å². The van der Waals surface area contributed by atoms with Gasteiger partial charge in [0.05, 0.1) is 12.0 Å². The Bertz CT molecular complexity index is 679. The van der Waals surface area contributed by atoms with Gasteiger partial charge >= 0.3 is 5.97 Å². The summed E-state index contributed by atoms with van der Waals surface area (Å²) in [6.45, 7) is 4.45. The second-order valence-electron chi connectivity index (χ2n) is 9.74. The molecule has 0 spiro atoms. The third-order valence-corrected chi connectivity index (χ3v) is 7.67. The quantitative estimate of drug-likeness (QED) is 0.664. The van der Waals surface area contributed by atoms with Crippen LogP contribution in [0.15, 0.2) is 30.3 Å². The highest BCUT2D eigenvalue weighted by Gasteiger charge is 2.45. The fourth-order valence-corrected chi connectivity index (χ4v) is 5.62. The van der Waals surface area contributed by atoms with E-state index in [0.29, 0.717) is 12.0 Å². The molecule has 4 rings (SSSR count). The molecule has 3 fully saturated rings. The smallest absolute Gasteiger partial charge is 0.310 e. The van der Waals surface area contributed by atoms with Crippen molar-refractivity contribution in [2.24, 2.45) is 10.8 Å².